The van der Waals surface area contributed by atoms with Crippen molar-refractivity contribution in [3.63, 3.8) is 0 Å². The first-order chi connectivity index (χ1) is 8.42. The molecule has 0 saturated heterocycles. The molecule has 19 heavy (non-hydrogen) atoms. The molecule has 0 saturated carbocycles. The first-order valence-electron chi connectivity index (χ1n) is 5.17. The van der Waals surface area contributed by atoms with Crippen LogP contribution < -0.4 is 5.14 Å². The fraction of sp³-hybridized carbons (Fsp3) is 0.364. The summed E-state index contributed by atoms with van der Waals surface area (Å²) < 4.78 is 41.1. The predicted molar refractivity (Wildman–Crippen MR) is 68.0 cm³/mol. The van der Waals surface area contributed by atoms with E-state index < -0.39 is 42.9 Å². The van der Waals surface area contributed by atoms with Crippen LogP contribution in [0.1, 0.15) is 31.1 Å². The van der Waals surface area contributed by atoms with E-state index in [9.17, 15) is 17.6 Å². The van der Waals surface area contributed by atoms with Crippen LogP contribution in [-0.4, -0.2) is 20.0 Å². The summed E-state index contributed by atoms with van der Waals surface area (Å²) in [5.74, 6) is -1.97. The van der Waals surface area contributed by atoms with Gasteiger partial charge in [-0.3, -0.25) is 0 Å². The molecule has 0 aliphatic rings. The molecule has 0 heterocycles. The topological polar surface area (TPSA) is 86.5 Å². The van der Waals surface area contributed by atoms with Crippen molar-refractivity contribution in [2.45, 2.75) is 31.3 Å². The second kappa shape index (κ2) is 5.07. The maximum absolute atomic E-state index is 13.6. The molecule has 5 nitrogen and oxygen atoms in total. The minimum Gasteiger partial charge on any atom is -0.456 e. The van der Waals surface area contributed by atoms with Gasteiger partial charge in [0.05, 0.1) is 10.6 Å². The van der Waals surface area contributed by atoms with Gasteiger partial charge in [-0.25, -0.2) is 22.7 Å². The molecule has 0 spiro atoms. The van der Waals surface area contributed by atoms with Crippen molar-refractivity contribution < 1.29 is 22.3 Å². The molecule has 0 unspecified atom stereocenters. The Morgan fingerprint density at radius 3 is 2.32 bits per heavy atom. The zero-order valence-corrected chi connectivity index (χ0v) is 12.1. The highest BCUT2D eigenvalue weighted by atomic mass is 35.5. The lowest BCUT2D eigenvalue weighted by atomic mass is 10.1. The van der Waals surface area contributed by atoms with Crippen LogP contribution in [0, 0.1) is 5.82 Å². The van der Waals surface area contributed by atoms with Gasteiger partial charge in [0, 0.05) is 0 Å². The highest BCUT2D eigenvalue weighted by Crippen LogP contribution is 2.25. The van der Waals surface area contributed by atoms with Gasteiger partial charge in [0.25, 0.3) is 0 Å². The average Bonchev–Trinajstić information content (AvgIpc) is 2.11. The third kappa shape index (κ3) is 4.15. The van der Waals surface area contributed by atoms with Crippen molar-refractivity contribution in [2.24, 2.45) is 5.14 Å². The standard InChI is InChI=1S/C11H13ClFNO4S/c1-11(2,3)18-10(15)6-4-9(19(14,16)17)7(12)5-8(6)13/h4-5H,1-3H3,(H2,14,16,17). The number of hydrogen-bond acceptors (Lipinski definition) is 4. The summed E-state index contributed by atoms with van der Waals surface area (Å²) in [7, 11) is -4.16. The largest absolute Gasteiger partial charge is 0.456 e. The Labute approximate surface area is 115 Å². The van der Waals surface area contributed by atoms with Gasteiger partial charge in [0.1, 0.15) is 16.3 Å². The van der Waals surface area contributed by atoms with Gasteiger partial charge in [-0.05, 0) is 32.9 Å². The van der Waals surface area contributed by atoms with E-state index in [1.807, 2.05) is 0 Å². The highest BCUT2D eigenvalue weighted by Gasteiger charge is 2.24. The Bertz CT molecular complexity index is 622. The summed E-state index contributed by atoms with van der Waals surface area (Å²) in [6.07, 6.45) is 0. The molecule has 0 radical (unpaired) electrons. The normalized spacial score (nSPS) is 12.3. The van der Waals surface area contributed by atoms with Gasteiger partial charge < -0.3 is 4.74 Å². The maximum atomic E-state index is 13.6. The van der Waals surface area contributed by atoms with Crippen LogP contribution in [0.5, 0.6) is 0 Å². The minimum atomic E-state index is -4.16. The summed E-state index contributed by atoms with van der Waals surface area (Å²) in [5, 5.41) is 4.52. The molecule has 0 fully saturated rings. The van der Waals surface area contributed by atoms with E-state index in [4.69, 9.17) is 21.5 Å². The lowest BCUT2D eigenvalue weighted by molar-refractivity contribution is 0.00644. The van der Waals surface area contributed by atoms with E-state index in [-0.39, 0.29) is 0 Å². The van der Waals surface area contributed by atoms with Crippen molar-refractivity contribution >= 4 is 27.6 Å². The van der Waals surface area contributed by atoms with E-state index in [1.54, 1.807) is 20.8 Å². The lowest BCUT2D eigenvalue weighted by Gasteiger charge is -2.19. The number of nitrogens with two attached hydrogens (primary N) is 1. The van der Waals surface area contributed by atoms with Gasteiger partial charge in [-0.2, -0.15) is 0 Å². The van der Waals surface area contributed by atoms with Crippen LogP contribution in [0.4, 0.5) is 4.39 Å². The maximum Gasteiger partial charge on any atom is 0.341 e. The second-order valence-electron chi connectivity index (χ2n) is 4.81. The van der Waals surface area contributed by atoms with Crippen LogP contribution in [0.25, 0.3) is 0 Å². The van der Waals surface area contributed by atoms with E-state index in [1.165, 1.54) is 0 Å². The van der Waals surface area contributed by atoms with Gasteiger partial charge in [-0.15, -0.1) is 0 Å². The quantitative estimate of drug-likeness (QED) is 0.847. The zero-order valence-electron chi connectivity index (χ0n) is 10.5. The summed E-state index contributed by atoms with van der Waals surface area (Å²) in [6.45, 7) is 4.79. The molecule has 0 aromatic heterocycles. The van der Waals surface area contributed by atoms with Gasteiger partial charge >= 0.3 is 5.97 Å². The Morgan fingerprint density at radius 1 is 1.37 bits per heavy atom. The average molecular weight is 310 g/mol. The number of primary sulfonamides is 1. The number of esters is 1. The third-order valence-electron chi connectivity index (χ3n) is 1.95. The second-order valence-corrected chi connectivity index (χ2v) is 6.75. The smallest absolute Gasteiger partial charge is 0.341 e. The molecule has 106 valence electrons. The number of rotatable bonds is 2. The van der Waals surface area contributed by atoms with Crippen molar-refractivity contribution in [1.82, 2.24) is 0 Å². The number of benzene rings is 1. The molecule has 0 aliphatic heterocycles. The Hall–Kier alpha value is -1.18. The van der Waals surface area contributed by atoms with Crippen molar-refractivity contribution in [3.05, 3.63) is 28.5 Å². The molecule has 8 heteroatoms. The molecule has 0 bridgehead atoms. The predicted octanol–water partition coefficient (Wildman–Crippen LogP) is 2.08. The van der Waals surface area contributed by atoms with Gasteiger partial charge in [0.15, 0.2) is 0 Å². The summed E-state index contributed by atoms with van der Waals surface area (Å²) in [5.41, 5.74) is -1.38. The summed E-state index contributed by atoms with van der Waals surface area (Å²) >= 11 is 5.57. The molecule has 0 aliphatic carbocycles. The van der Waals surface area contributed by atoms with Crippen molar-refractivity contribution in [1.29, 1.82) is 0 Å². The Kier molecular flexibility index (Phi) is 4.23. The van der Waals surface area contributed by atoms with Crippen LogP contribution in [0.2, 0.25) is 5.02 Å². The molecule has 1 aromatic carbocycles. The van der Waals surface area contributed by atoms with E-state index in [0.717, 1.165) is 6.07 Å². The van der Waals surface area contributed by atoms with Crippen LogP contribution in [-0.2, 0) is 14.8 Å². The fourth-order valence-corrected chi connectivity index (χ4v) is 2.32. The van der Waals surface area contributed by atoms with E-state index in [2.05, 4.69) is 0 Å². The highest BCUT2D eigenvalue weighted by molar-refractivity contribution is 7.89. The summed E-state index contributed by atoms with van der Waals surface area (Å²) in [6, 6.07) is 1.47. The van der Waals surface area contributed by atoms with Gasteiger partial charge in [-0.1, -0.05) is 11.6 Å². The number of ether oxygens (including phenoxy) is 1. The zero-order chi connectivity index (χ0) is 15.0. The fourth-order valence-electron chi connectivity index (χ4n) is 1.24. The Morgan fingerprint density at radius 2 is 1.89 bits per heavy atom. The molecule has 2 N–H and O–H groups in total. The number of hydrogen-bond donors (Lipinski definition) is 1. The summed E-state index contributed by atoms with van der Waals surface area (Å²) in [4.78, 5) is 11.2. The van der Waals surface area contributed by atoms with E-state index in [0.29, 0.717) is 6.07 Å². The first-order valence-corrected chi connectivity index (χ1v) is 7.09. The van der Waals surface area contributed by atoms with Crippen LogP contribution in [0.15, 0.2) is 17.0 Å². The monoisotopic (exact) mass is 309 g/mol. The SMILES string of the molecule is CC(C)(C)OC(=O)c1cc(S(N)(=O)=O)c(Cl)cc1F. The van der Waals surface area contributed by atoms with Crippen LogP contribution in [0.3, 0.4) is 0 Å². The number of sulfonamides is 1. The molecule has 1 aromatic rings. The first kappa shape index (κ1) is 15.9. The number of carbonyl (C=O) groups excluding carboxylic acids is 1. The molecule has 0 atom stereocenters. The third-order valence-corrected chi connectivity index (χ3v) is 3.32. The van der Waals surface area contributed by atoms with Crippen molar-refractivity contribution in [3.8, 4) is 0 Å². The van der Waals surface area contributed by atoms with Crippen LogP contribution >= 0.6 is 11.6 Å². The minimum absolute atomic E-state index is 0.396. The lowest BCUT2D eigenvalue weighted by Crippen LogP contribution is -2.25. The molecular weight excluding hydrogens is 297 g/mol. The molecule has 1 rings (SSSR count). The molecule has 0 amide bonds. The van der Waals surface area contributed by atoms with E-state index >= 15 is 0 Å². The molecular formula is C11H13ClFNO4S. The van der Waals surface area contributed by atoms with Gasteiger partial charge in [0.2, 0.25) is 10.0 Å². The van der Waals surface area contributed by atoms with Crippen molar-refractivity contribution in [2.75, 3.05) is 0 Å². The Balaban J connectivity index is 3.34. The number of carbonyl (C=O) groups is 1. The number of halogens is 2.